The van der Waals surface area contributed by atoms with E-state index in [9.17, 15) is 15.0 Å². The van der Waals surface area contributed by atoms with Gasteiger partial charge >= 0.3 is 0 Å². The van der Waals surface area contributed by atoms with Gasteiger partial charge < -0.3 is 15.1 Å². The molecule has 0 aliphatic carbocycles. The summed E-state index contributed by atoms with van der Waals surface area (Å²) in [5.41, 5.74) is 0.561. The summed E-state index contributed by atoms with van der Waals surface area (Å²) in [7, 11) is 3.55. The van der Waals surface area contributed by atoms with Gasteiger partial charge in [-0.2, -0.15) is 0 Å². The van der Waals surface area contributed by atoms with E-state index in [4.69, 9.17) is 0 Å². The standard InChI is InChI=1S/C9H11NO3/c1-10(2)6-3-8(12)7(5-11)9(13)4-6/h3-5,12-13H,1-2H3. The Kier molecular flexibility index (Phi) is 2.41. The molecule has 0 unspecified atom stereocenters. The van der Waals surface area contributed by atoms with Crippen LogP contribution in [0.1, 0.15) is 10.4 Å². The predicted octanol–water partition coefficient (Wildman–Crippen LogP) is 0.976. The number of carbonyl (C=O) groups excluding carboxylic acids is 1. The van der Waals surface area contributed by atoms with Gasteiger partial charge in [0, 0.05) is 31.9 Å². The zero-order chi connectivity index (χ0) is 10.0. The van der Waals surface area contributed by atoms with Crippen LogP contribution in [0.2, 0.25) is 0 Å². The topological polar surface area (TPSA) is 60.8 Å². The van der Waals surface area contributed by atoms with Crippen molar-refractivity contribution in [3.05, 3.63) is 17.7 Å². The number of hydrogen-bond donors (Lipinski definition) is 2. The van der Waals surface area contributed by atoms with Crippen LogP contribution in [0.25, 0.3) is 0 Å². The molecule has 1 rings (SSSR count). The maximum Gasteiger partial charge on any atom is 0.157 e. The van der Waals surface area contributed by atoms with Gasteiger partial charge in [-0.15, -0.1) is 0 Å². The molecule has 0 heterocycles. The summed E-state index contributed by atoms with van der Waals surface area (Å²) in [4.78, 5) is 12.1. The summed E-state index contributed by atoms with van der Waals surface area (Å²) in [6.07, 6.45) is 0.421. The van der Waals surface area contributed by atoms with Crippen LogP contribution in [0, 0.1) is 0 Å². The SMILES string of the molecule is CN(C)c1cc(O)c(C=O)c(O)c1. The van der Waals surface area contributed by atoms with Crippen molar-refractivity contribution in [2.75, 3.05) is 19.0 Å². The molecule has 0 aliphatic rings. The van der Waals surface area contributed by atoms with Gasteiger partial charge in [0.2, 0.25) is 0 Å². The van der Waals surface area contributed by atoms with Crippen LogP contribution < -0.4 is 4.90 Å². The second-order valence-corrected chi connectivity index (χ2v) is 2.91. The fraction of sp³-hybridized carbons (Fsp3) is 0.222. The van der Waals surface area contributed by atoms with E-state index in [-0.39, 0.29) is 17.1 Å². The second-order valence-electron chi connectivity index (χ2n) is 2.91. The highest BCUT2D eigenvalue weighted by Crippen LogP contribution is 2.30. The van der Waals surface area contributed by atoms with Crippen LogP contribution in [-0.2, 0) is 0 Å². The molecular weight excluding hydrogens is 170 g/mol. The van der Waals surface area contributed by atoms with Crippen LogP contribution in [0.4, 0.5) is 5.69 Å². The van der Waals surface area contributed by atoms with Gasteiger partial charge in [-0.1, -0.05) is 0 Å². The first kappa shape index (κ1) is 9.38. The smallest absolute Gasteiger partial charge is 0.157 e. The van der Waals surface area contributed by atoms with E-state index in [0.717, 1.165) is 0 Å². The van der Waals surface area contributed by atoms with Crippen molar-refractivity contribution in [1.29, 1.82) is 0 Å². The van der Waals surface area contributed by atoms with Crippen LogP contribution in [0.5, 0.6) is 11.5 Å². The van der Waals surface area contributed by atoms with Gasteiger partial charge in [0.15, 0.2) is 6.29 Å². The average Bonchev–Trinajstić information content (AvgIpc) is 2.03. The minimum atomic E-state index is -0.210. The highest BCUT2D eigenvalue weighted by molar-refractivity contribution is 5.85. The average molecular weight is 181 g/mol. The van der Waals surface area contributed by atoms with E-state index in [1.54, 1.807) is 19.0 Å². The quantitative estimate of drug-likeness (QED) is 0.667. The molecule has 4 heteroatoms. The lowest BCUT2D eigenvalue weighted by Crippen LogP contribution is -2.08. The number of benzene rings is 1. The first-order valence-corrected chi connectivity index (χ1v) is 3.74. The minimum Gasteiger partial charge on any atom is -0.507 e. The summed E-state index contributed by atoms with van der Waals surface area (Å²) in [5.74, 6) is -0.419. The lowest BCUT2D eigenvalue weighted by Gasteiger charge is -2.13. The molecule has 70 valence electrons. The zero-order valence-electron chi connectivity index (χ0n) is 7.48. The molecule has 13 heavy (non-hydrogen) atoms. The van der Waals surface area contributed by atoms with Crippen molar-refractivity contribution in [3.63, 3.8) is 0 Å². The molecule has 0 saturated heterocycles. The highest BCUT2D eigenvalue weighted by Gasteiger charge is 2.09. The molecule has 0 bridgehead atoms. The zero-order valence-corrected chi connectivity index (χ0v) is 7.48. The number of nitrogens with zero attached hydrogens (tertiary/aromatic N) is 1. The molecule has 0 fully saturated rings. The normalized spacial score (nSPS) is 9.69. The highest BCUT2D eigenvalue weighted by atomic mass is 16.3. The largest absolute Gasteiger partial charge is 0.507 e. The number of anilines is 1. The molecule has 0 amide bonds. The second kappa shape index (κ2) is 3.35. The summed E-state index contributed by atoms with van der Waals surface area (Å²) in [6, 6.07) is 2.84. The van der Waals surface area contributed by atoms with E-state index in [1.165, 1.54) is 12.1 Å². The van der Waals surface area contributed by atoms with Crippen molar-refractivity contribution in [2.24, 2.45) is 0 Å². The monoisotopic (exact) mass is 181 g/mol. The van der Waals surface area contributed by atoms with Gasteiger partial charge in [-0.05, 0) is 0 Å². The van der Waals surface area contributed by atoms with Gasteiger partial charge in [0.1, 0.15) is 11.5 Å². The fourth-order valence-electron chi connectivity index (χ4n) is 0.987. The van der Waals surface area contributed by atoms with Crippen LogP contribution in [0.3, 0.4) is 0 Å². The Labute approximate surface area is 76.0 Å². The first-order valence-electron chi connectivity index (χ1n) is 3.74. The van der Waals surface area contributed by atoms with Gasteiger partial charge in [0.05, 0.1) is 5.56 Å². The Morgan fingerprint density at radius 2 is 1.69 bits per heavy atom. The minimum absolute atomic E-state index is 0.0781. The molecular formula is C9H11NO3. The fourth-order valence-corrected chi connectivity index (χ4v) is 0.987. The Morgan fingerprint density at radius 3 is 2.00 bits per heavy atom. The Bertz CT molecular complexity index is 311. The number of phenolic OH excluding ortho intramolecular Hbond substituents is 2. The van der Waals surface area contributed by atoms with Crippen molar-refractivity contribution in [3.8, 4) is 11.5 Å². The lowest BCUT2D eigenvalue weighted by atomic mass is 10.1. The Hall–Kier alpha value is -1.71. The van der Waals surface area contributed by atoms with Gasteiger partial charge in [-0.25, -0.2) is 0 Å². The van der Waals surface area contributed by atoms with Gasteiger partial charge in [0.25, 0.3) is 0 Å². The summed E-state index contributed by atoms with van der Waals surface area (Å²) >= 11 is 0. The summed E-state index contributed by atoms with van der Waals surface area (Å²) in [5, 5.41) is 18.6. The van der Waals surface area contributed by atoms with Crippen LogP contribution in [-0.4, -0.2) is 30.6 Å². The van der Waals surface area contributed by atoms with Crippen molar-refractivity contribution < 1.29 is 15.0 Å². The van der Waals surface area contributed by atoms with Crippen molar-refractivity contribution in [1.82, 2.24) is 0 Å². The molecule has 4 nitrogen and oxygen atoms in total. The maximum absolute atomic E-state index is 10.4. The van der Waals surface area contributed by atoms with Crippen molar-refractivity contribution >= 4 is 12.0 Å². The first-order chi connectivity index (χ1) is 6.06. The molecule has 2 N–H and O–H groups in total. The number of hydrogen-bond acceptors (Lipinski definition) is 4. The third kappa shape index (κ3) is 1.72. The number of aldehydes is 1. The molecule has 1 aromatic carbocycles. The molecule has 0 saturated carbocycles. The molecule has 0 aliphatic heterocycles. The van der Waals surface area contributed by atoms with E-state index < -0.39 is 0 Å². The molecule has 0 atom stereocenters. The van der Waals surface area contributed by atoms with Crippen LogP contribution in [0.15, 0.2) is 12.1 Å². The van der Waals surface area contributed by atoms with E-state index in [2.05, 4.69) is 0 Å². The Balaban J connectivity index is 3.28. The van der Waals surface area contributed by atoms with E-state index >= 15 is 0 Å². The summed E-state index contributed by atoms with van der Waals surface area (Å²) < 4.78 is 0. The number of rotatable bonds is 2. The number of carbonyl (C=O) groups is 1. The number of phenols is 2. The summed E-state index contributed by atoms with van der Waals surface area (Å²) in [6.45, 7) is 0. The Morgan fingerprint density at radius 1 is 1.23 bits per heavy atom. The maximum atomic E-state index is 10.4. The third-order valence-corrected chi connectivity index (χ3v) is 1.76. The predicted molar refractivity (Wildman–Crippen MR) is 49.5 cm³/mol. The number of aromatic hydroxyl groups is 2. The van der Waals surface area contributed by atoms with E-state index in [0.29, 0.717) is 12.0 Å². The van der Waals surface area contributed by atoms with Gasteiger partial charge in [-0.3, -0.25) is 4.79 Å². The third-order valence-electron chi connectivity index (χ3n) is 1.76. The van der Waals surface area contributed by atoms with Crippen LogP contribution >= 0.6 is 0 Å². The van der Waals surface area contributed by atoms with E-state index in [1.807, 2.05) is 0 Å². The molecule has 0 spiro atoms. The molecule has 0 radical (unpaired) electrons. The van der Waals surface area contributed by atoms with Crippen molar-refractivity contribution in [2.45, 2.75) is 0 Å². The lowest BCUT2D eigenvalue weighted by molar-refractivity contribution is 0.111. The molecule has 1 aromatic rings. The molecule has 0 aromatic heterocycles.